The maximum absolute atomic E-state index is 12.5. The number of carbonyl (C=O) groups is 1. The van der Waals surface area contributed by atoms with Crippen LogP contribution in [0.4, 0.5) is 0 Å². The van der Waals surface area contributed by atoms with Crippen molar-refractivity contribution < 1.29 is 4.79 Å². The van der Waals surface area contributed by atoms with Gasteiger partial charge in [0.2, 0.25) is 5.91 Å². The van der Waals surface area contributed by atoms with Crippen molar-refractivity contribution in [2.24, 2.45) is 0 Å². The van der Waals surface area contributed by atoms with E-state index in [-0.39, 0.29) is 11.2 Å². The largest absolute Gasteiger partial charge is 0.352 e. The minimum atomic E-state index is -0.268. The van der Waals surface area contributed by atoms with E-state index in [9.17, 15) is 4.79 Å². The molecule has 5 nitrogen and oxygen atoms in total. The number of hydrogen-bond acceptors (Lipinski definition) is 4. The van der Waals surface area contributed by atoms with E-state index >= 15 is 0 Å². The fourth-order valence-electron chi connectivity index (χ4n) is 3.10. The Labute approximate surface area is 179 Å². The van der Waals surface area contributed by atoms with Gasteiger partial charge < -0.3 is 5.32 Å². The first-order valence-electron chi connectivity index (χ1n) is 9.68. The van der Waals surface area contributed by atoms with Crippen molar-refractivity contribution in [3.05, 3.63) is 58.6 Å². The molecule has 2 aromatic carbocycles. The SMILES string of the molecule is Cc1ccc(C)c(-n2c(SC(C)C(=O)NC3CC3)nnc2-c2cccc(Cl)c2)c1. The maximum atomic E-state index is 12.5. The molecule has 1 aliphatic carbocycles. The van der Waals surface area contributed by atoms with Gasteiger partial charge >= 0.3 is 0 Å². The van der Waals surface area contributed by atoms with Gasteiger partial charge in [-0.2, -0.15) is 0 Å². The van der Waals surface area contributed by atoms with E-state index in [2.05, 4.69) is 47.6 Å². The Bertz CT molecular complexity index is 1060. The summed E-state index contributed by atoms with van der Waals surface area (Å²) >= 11 is 7.64. The van der Waals surface area contributed by atoms with Crippen LogP contribution < -0.4 is 5.32 Å². The first-order valence-corrected chi connectivity index (χ1v) is 10.9. The molecule has 1 aliphatic rings. The molecule has 1 aromatic heterocycles. The van der Waals surface area contributed by atoms with Crippen molar-refractivity contribution in [2.75, 3.05) is 0 Å². The topological polar surface area (TPSA) is 59.8 Å². The lowest BCUT2D eigenvalue weighted by Crippen LogP contribution is -2.32. The number of carbonyl (C=O) groups excluding carboxylic acids is 1. The zero-order chi connectivity index (χ0) is 20.5. The summed E-state index contributed by atoms with van der Waals surface area (Å²) < 4.78 is 2.03. The van der Waals surface area contributed by atoms with E-state index in [1.807, 2.05) is 35.8 Å². The molecule has 1 saturated carbocycles. The third kappa shape index (κ3) is 4.49. The highest BCUT2D eigenvalue weighted by atomic mass is 35.5. The predicted octanol–water partition coefficient (Wildman–Crippen LogP) is 4.96. The lowest BCUT2D eigenvalue weighted by molar-refractivity contribution is -0.120. The van der Waals surface area contributed by atoms with Crippen LogP contribution in [0.3, 0.4) is 0 Å². The smallest absolute Gasteiger partial charge is 0.233 e. The Morgan fingerprint density at radius 3 is 2.72 bits per heavy atom. The second kappa shape index (κ2) is 8.20. The molecule has 7 heteroatoms. The zero-order valence-corrected chi connectivity index (χ0v) is 18.2. The van der Waals surface area contributed by atoms with Crippen LogP contribution in [-0.4, -0.2) is 32.0 Å². The number of nitrogens with zero attached hydrogens (tertiary/aromatic N) is 3. The number of hydrogen-bond donors (Lipinski definition) is 1. The van der Waals surface area contributed by atoms with Crippen molar-refractivity contribution in [1.29, 1.82) is 0 Å². The molecular weight excluding hydrogens is 404 g/mol. The third-order valence-electron chi connectivity index (χ3n) is 4.90. The molecule has 1 atom stereocenters. The number of aromatic nitrogens is 3. The second-order valence-corrected chi connectivity index (χ2v) is 9.23. The molecule has 29 heavy (non-hydrogen) atoms. The normalized spacial score (nSPS) is 14.6. The van der Waals surface area contributed by atoms with E-state index < -0.39 is 0 Å². The number of aryl methyl sites for hydroxylation is 2. The third-order valence-corrected chi connectivity index (χ3v) is 6.17. The van der Waals surface area contributed by atoms with Crippen LogP contribution >= 0.6 is 23.4 Å². The summed E-state index contributed by atoms with van der Waals surface area (Å²) in [6, 6.07) is 14.2. The molecular formula is C22H23ClN4OS. The molecule has 1 amide bonds. The van der Waals surface area contributed by atoms with Crippen LogP contribution in [0.15, 0.2) is 47.6 Å². The average Bonchev–Trinajstić information content (AvgIpc) is 3.41. The van der Waals surface area contributed by atoms with Gasteiger partial charge in [0.05, 0.1) is 10.9 Å². The predicted molar refractivity (Wildman–Crippen MR) is 118 cm³/mol. The summed E-state index contributed by atoms with van der Waals surface area (Å²) in [6.07, 6.45) is 2.14. The van der Waals surface area contributed by atoms with E-state index in [0.717, 1.165) is 35.2 Å². The first kappa shape index (κ1) is 20.0. The van der Waals surface area contributed by atoms with Crippen LogP contribution in [0, 0.1) is 13.8 Å². The highest BCUT2D eigenvalue weighted by molar-refractivity contribution is 8.00. The lowest BCUT2D eigenvalue weighted by Gasteiger charge is -2.16. The number of halogens is 1. The molecule has 150 valence electrons. The van der Waals surface area contributed by atoms with Crippen molar-refractivity contribution in [3.8, 4) is 17.1 Å². The summed E-state index contributed by atoms with van der Waals surface area (Å²) in [7, 11) is 0. The second-order valence-electron chi connectivity index (χ2n) is 7.48. The Kier molecular flexibility index (Phi) is 5.65. The summed E-state index contributed by atoms with van der Waals surface area (Å²) in [5, 5.41) is 13.0. The van der Waals surface area contributed by atoms with E-state index in [4.69, 9.17) is 11.6 Å². The number of nitrogens with one attached hydrogen (secondary N) is 1. The van der Waals surface area contributed by atoms with E-state index in [0.29, 0.717) is 22.0 Å². The number of rotatable bonds is 6. The Balaban J connectivity index is 1.77. The molecule has 1 unspecified atom stereocenters. The Morgan fingerprint density at radius 1 is 1.21 bits per heavy atom. The molecule has 0 radical (unpaired) electrons. The van der Waals surface area contributed by atoms with Crippen LogP contribution in [0.25, 0.3) is 17.1 Å². The van der Waals surface area contributed by atoms with Crippen LogP contribution in [-0.2, 0) is 4.79 Å². The molecule has 4 rings (SSSR count). The molecule has 0 aliphatic heterocycles. The maximum Gasteiger partial charge on any atom is 0.233 e. The molecule has 0 bridgehead atoms. The Morgan fingerprint density at radius 2 is 2.00 bits per heavy atom. The van der Waals surface area contributed by atoms with Gasteiger partial charge in [0, 0.05) is 16.6 Å². The van der Waals surface area contributed by atoms with Crippen LogP contribution in [0.2, 0.25) is 5.02 Å². The molecule has 1 fully saturated rings. The highest BCUT2D eigenvalue weighted by Gasteiger charge is 2.28. The molecule has 1 heterocycles. The van der Waals surface area contributed by atoms with Crippen LogP contribution in [0.5, 0.6) is 0 Å². The van der Waals surface area contributed by atoms with Gasteiger partial charge in [-0.15, -0.1) is 10.2 Å². The zero-order valence-electron chi connectivity index (χ0n) is 16.6. The minimum Gasteiger partial charge on any atom is -0.352 e. The minimum absolute atomic E-state index is 0.0392. The van der Waals surface area contributed by atoms with Gasteiger partial charge in [0.1, 0.15) is 0 Å². The van der Waals surface area contributed by atoms with Gasteiger partial charge in [0.15, 0.2) is 11.0 Å². The van der Waals surface area contributed by atoms with Crippen molar-refractivity contribution in [1.82, 2.24) is 20.1 Å². The first-order chi connectivity index (χ1) is 13.9. The average molecular weight is 427 g/mol. The quantitative estimate of drug-likeness (QED) is 0.565. The van der Waals surface area contributed by atoms with E-state index in [1.54, 1.807) is 0 Å². The van der Waals surface area contributed by atoms with E-state index in [1.165, 1.54) is 11.8 Å². The van der Waals surface area contributed by atoms with Gasteiger partial charge in [-0.25, -0.2) is 0 Å². The van der Waals surface area contributed by atoms with Gasteiger partial charge in [-0.05, 0) is 62.9 Å². The fourth-order valence-corrected chi connectivity index (χ4v) is 4.16. The van der Waals surface area contributed by atoms with Crippen molar-refractivity contribution in [2.45, 2.75) is 50.1 Å². The highest BCUT2D eigenvalue weighted by Crippen LogP contribution is 2.33. The summed E-state index contributed by atoms with van der Waals surface area (Å²) in [4.78, 5) is 12.5. The standard InChI is InChI=1S/C22H23ClN4OS/c1-13-7-8-14(2)19(11-13)27-20(16-5-4-6-17(23)12-16)25-26-22(27)29-15(3)21(28)24-18-9-10-18/h4-8,11-12,15,18H,9-10H2,1-3H3,(H,24,28). The summed E-state index contributed by atoms with van der Waals surface area (Å²) in [5.74, 6) is 0.746. The lowest BCUT2D eigenvalue weighted by atomic mass is 10.1. The number of thioether (sulfide) groups is 1. The molecule has 0 spiro atoms. The number of benzene rings is 2. The monoisotopic (exact) mass is 426 g/mol. The van der Waals surface area contributed by atoms with Crippen molar-refractivity contribution in [3.63, 3.8) is 0 Å². The van der Waals surface area contributed by atoms with Crippen molar-refractivity contribution >= 4 is 29.3 Å². The van der Waals surface area contributed by atoms with Gasteiger partial charge in [-0.1, -0.05) is 47.6 Å². The number of amides is 1. The fraction of sp³-hybridized carbons (Fsp3) is 0.318. The van der Waals surface area contributed by atoms with Gasteiger partial charge in [-0.3, -0.25) is 9.36 Å². The molecule has 3 aromatic rings. The molecule has 0 saturated heterocycles. The van der Waals surface area contributed by atoms with Crippen LogP contribution in [0.1, 0.15) is 30.9 Å². The summed E-state index contributed by atoms with van der Waals surface area (Å²) in [6.45, 7) is 6.03. The Hall–Kier alpha value is -2.31. The van der Waals surface area contributed by atoms with Gasteiger partial charge in [0.25, 0.3) is 0 Å². The molecule has 1 N–H and O–H groups in total. The summed E-state index contributed by atoms with van der Waals surface area (Å²) in [5.41, 5.74) is 4.14.